The number of benzene rings is 1. The number of piperidine rings is 1. The normalized spacial score (nSPS) is 16.7. The fraction of sp³-hybridized carbons (Fsp3) is 0.500. The van der Waals surface area contributed by atoms with Gasteiger partial charge in [0, 0.05) is 19.0 Å². The largest absolute Gasteiger partial charge is 0.465 e. The first-order valence-corrected chi connectivity index (χ1v) is 8.15. The Bertz CT molecular complexity index is 530. The van der Waals surface area contributed by atoms with Crippen LogP contribution < -0.4 is 5.32 Å². The Kier molecular flexibility index (Phi) is 6.10. The smallest absolute Gasteiger partial charge is 0.407 e. The second-order valence-electron chi connectivity index (χ2n) is 5.52. The highest BCUT2D eigenvalue weighted by Crippen LogP contribution is 2.33. The molecule has 0 aromatic heterocycles. The predicted octanol–water partition coefficient (Wildman–Crippen LogP) is 3.01. The zero-order valence-corrected chi connectivity index (χ0v) is 13.6. The SMILES string of the molecule is O=C(NC1(c2ccccc2)CCN(C(=O)O)CC1)OCCCCl. The van der Waals surface area contributed by atoms with Crippen molar-refractivity contribution in [2.45, 2.75) is 24.8 Å². The van der Waals surface area contributed by atoms with Crippen LogP contribution in [0.25, 0.3) is 0 Å². The average Bonchev–Trinajstić information content (AvgIpc) is 2.56. The number of ether oxygens (including phenoxy) is 1. The van der Waals surface area contributed by atoms with Gasteiger partial charge in [0.05, 0.1) is 12.1 Å². The molecule has 7 heteroatoms. The molecule has 1 aromatic rings. The van der Waals surface area contributed by atoms with Crippen LogP contribution in [0.3, 0.4) is 0 Å². The van der Waals surface area contributed by atoms with Gasteiger partial charge >= 0.3 is 12.2 Å². The molecule has 0 saturated carbocycles. The third-order valence-electron chi connectivity index (χ3n) is 4.07. The van der Waals surface area contributed by atoms with E-state index >= 15 is 0 Å². The molecule has 6 nitrogen and oxygen atoms in total. The number of nitrogens with zero attached hydrogens (tertiary/aromatic N) is 1. The maximum Gasteiger partial charge on any atom is 0.407 e. The van der Waals surface area contributed by atoms with Crippen LogP contribution in [0.2, 0.25) is 0 Å². The highest BCUT2D eigenvalue weighted by atomic mass is 35.5. The molecule has 1 saturated heterocycles. The third-order valence-corrected chi connectivity index (χ3v) is 4.33. The van der Waals surface area contributed by atoms with Crippen LogP contribution >= 0.6 is 11.6 Å². The number of carboxylic acid groups (broad SMARTS) is 1. The molecule has 0 bridgehead atoms. The van der Waals surface area contributed by atoms with E-state index in [1.54, 1.807) is 0 Å². The van der Waals surface area contributed by atoms with Crippen LogP contribution in [0.5, 0.6) is 0 Å². The molecule has 0 atom stereocenters. The molecule has 1 fully saturated rings. The van der Waals surface area contributed by atoms with E-state index in [2.05, 4.69) is 5.32 Å². The predicted molar refractivity (Wildman–Crippen MR) is 86.8 cm³/mol. The van der Waals surface area contributed by atoms with E-state index in [1.807, 2.05) is 30.3 Å². The van der Waals surface area contributed by atoms with Crippen LogP contribution in [-0.4, -0.2) is 47.8 Å². The van der Waals surface area contributed by atoms with Gasteiger partial charge in [-0.05, 0) is 24.8 Å². The molecular weight excluding hydrogens is 320 g/mol. The Balaban J connectivity index is 2.10. The van der Waals surface area contributed by atoms with Crippen LogP contribution in [0, 0.1) is 0 Å². The van der Waals surface area contributed by atoms with Crippen molar-refractivity contribution in [2.24, 2.45) is 0 Å². The lowest BCUT2D eigenvalue weighted by atomic mass is 9.81. The summed E-state index contributed by atoms with van der Waals surface area (Å²) in [5.41, 5.74) is 0.352. The molecular formula is C16H21ClN2O4. The van der Waals surface area contributed by atoms with Crippen LogP contribution in [-0.2, 0) is 10.3 Å². The molecule has 0 spiro atoms. The number of alkyl carbamates (subject to hydrolysis) is 1. The Hall–Kier alpha value is -1.95. The lowest BCUT2D eigenvalue weighted by Crippen LogP contribution is -2.54. The summed E-state index contributed by atoms with van der Waals surface area (Å²) < 4.78 is 5.14. The van der Waals surface area contributed by atoms with Gasteiger partial charge in [0.1, 0.15) is 0 Å². The molecule has 1 aliphatic rings. The number of halogens is 1. The summed E-state index contributed by atoms with van der Waals surface area (Å²) in [5.74, 6) is 0.435. The van der Waals surface area contributed by atoms with Gasteiger partial charge in [-0.25, -0.2) is 9.59 Å². The first-order chi connectivity index (χ1) is 11.1. The quantitative estimate of drug-likeness (QED) is 0.638. The van der Waals surface area contributed by atoms with Crippen molar-refractivity contribution in [3.8, 4) is 0 Å². The monoisotopic (exact) mass is 340 g/mol. The summed E-state index contributed by atoms with van der Waals surface area (Å²) in [6.45, 7) is 1.000. The van der Waals surface area contributed by atoms with Crippen LogP contribution in [0.1, 0.15) is 24.8 Å². The molecule has 0 unspecified atom stereocenters. The van der Waals surface area contributed by atoms with Gasteiger partial charge in [0.25, 0.3) is 0 Å². The highest BCUT2D eigenvalue weighted by Gasteiger charge is 2.39. The number of alkyl halides is 1. The number of carbonyl (C=O) groups excluding carboxylic acids is 1. The zero-order chi connectivity index (χ0) is 16.7. The lowest BCUT2D eigenvalue weighted by Gasteiger charge is -2.41. The average molecular weight is 341 g/mol. The van der Waals surface area contributed by atoms with E-state index in [-0.39, 0.29) is 6.61 Å². The van der Waals surface area contributed by atoms with Crippen LogP contribution in [0.15, 0.2) is 30.3 Å². The minimum Gasteiger partial charge on any atom is -0.465 e. The van der Waals surface area contributed by atoms with Crippen molar-refractivity contribution >= 4 is 23.8 Å². The van der Waals surface area contributed by atoms with Crippen LogP contribution in [0.4, 0.5) is 9.59 Å². The molecule has 0 radical (unpaired) electrons. The summed E-state index contributed by atoms with van der Waals surface area (Å²) in [6.07, 6.45) is 0.182. The minimum atomic E-state index is -0.934. The van der Waals surface area contributed by atoms with Crippen molar-refractivity contribution < 1.29 is 19.4 Å². The Morgan fingerprint density at radius 3 is 2.48 bits per heavy atom. The first-order valence-electron chi connectivity index (χ1n) is 7.62. The van der Waals surface area contributed by atoms with Gasteiger partial charge in [0.2, 0.25) is 0 Å². The second-order valence-corrected chi connectivity index (χ2v) is 5.90. The van der Waals surface area contributed by atoms with E-state index in [9.17, 15) is 9.59 Å². The van der Waals surface area contributed by atoms with Gasteiger partial charge in [-0.1, -0.05) is 30.3 Å². The third kappa shape index (κ3) is 4.51. The molecule has 23 heavy (non-hydrogen) atoms. The van der Waals surface area contributed by atoms with Crippen molar-refractivity contribution in [1.29, 1.82) is 0 Å². The van der Waals surface area contributed by atoms with E-state index in [4.69, 9.17) is 21.4 Å². The maximum absolute atomic E-state index is 12.1. The molecule has 0 aliphatic carbocycles. The van der Waals surface area contributed by atoms with Gasteiger partial charge in [0.15, 0.2) is 0 Å². The molecule has 2 N–H and O–H groups in total. The van der Waals surface area contributed by atoms with Gasteiger partial charge < -0.3 is 20.1 Å². The second kappa shape index (κ2) is 8.06. The lowest BCUT2D eigenvalue weighted by molar-refractivity contribution is 0.0936. The topological polar surface area (TPSA) is 78.9 Å². The number of amides is 2. The van der Waals surface area contributed by atoms with Crippen molar-refractivity contribution in [1.82, 2.24) is 10.2 Å². The van der Waals surface area contributed by atoms with Crippen molar-refractivity contribution in [2.75, 3.05) is 25.6 Å². The van der Waals surface area contributed by atoms with E-state index in [1.165, 1.54) is 4.90 Å². The molecule has 1 aliphatic heterocycles. The van der Waals surface area contributed by atoms with E-state index in [0.29, 0.717) is 38.2 Å². The van der Waals surface area contributed by atoms with Gasteiger partial charge in [-0.3, -0.25) is 0 Å². The zero-order valence-electron chi connectivity index (χ0n) is 12.8. The fourth-order valence-corrected chi connectivity index (χ4v) is 2.88. The maximum atomic E-state index is 12.1. The molecule has 1 aromatic carbocycles. The Morgan fingerprint density at radius 1 is 1.26 bits per heavy atom. The van der Waals surface area contributed by atoms with Gasteiger partial charge in [-0.15, -0.1) is 11.6 Å². The minimum absolute atomic E-state index is 0.265. The highest BCUT2D eigenvalue weighted by molar-refractivity contribution is 6.17. The summed E-state index contributed by atoms with van der Waals surface area (Å²) in [5, 5.41) is 12.0. The van der Waals surface area contributed by atoms with Crippen molar-refractivity contribution in [3.05, 3.63) is 35.9 Å². The number of hydrogen-bond donors (Lipinski definition) is 2. The number of hydrogen-bond acceptors (Lipinski definition) is 3. The molecule has 126 valence electrons. The fourth-order valence-electron chi connectivity index (χ4n) is 2.77. The Labute approximate surface area is 140 Å². The summed E-state index contributed by atoms with van der Waals surface area (Å²) in [6, 6.07) is 9.59. The summed E-state index contributed by atoms with van der Waals surface area (Å²) in [4.78, 5) is 24.5. The summed E-state index contributed by atoms with van der Waals surface area (Å²) >= 11 is 5.57. The standard InChI is InChI=1S/C16H21ClN2O4/c17-9-4-12-23-14(20)18-16(13-5-2-1-3-6-13)7-10-19(11-8-16)15(21)22/h1-3,5-6H,4,7-12H2,(H,18,20)(H,21,22). The van der Waals surface area contributed by atoms with Crippen molar-refractivity contribution in [3.63, 3.8) is 0 Å². The Morgan fingerprint density at radius 2 is 1.91 bits per heavy atom. The molecule has 1 heterocycles. The number of likely N-dealkylation sites (tertiary alicyclic amines) is 1. The number of carbonyl (C=O) groups is 2. The number of nitrogens with one attached hydrogen (secondary N) is 1. The molecule has 2 amide bonds. The summed E-state index contributed by atoms with van der Waals surface area (Å²) in [7, 11) is 0. The van der Waals surface area contributed by atoms with Gasteiger partial charge in [-0.2, -0.15) is 0 Å². The van der Waals surface area contributed by atoms with E-state index < -0.39 is 17.7 Å². The molecule has 2 rings (SSSR count). The first kappa shape index (κ1) is 17.4. The van der Waals surface area contributed by atoms with E-state index in [0.717, 1.165) is 5.56 Å². The number of rotatable bonds is 5.